The molecule has 0 bridgehead atoms. The SMILES string of the molecule is Cc1cc(CC(=O)C2CCN(c3cc(-n4ccc5ccccc54)ncn3)CC2)sn1. The molecule has 0 atom stereocenters. The van der Waals surface area contributed by atoms with Crippen LogP contribution in [0.25, 0.3) is 16.7 Å². The van der Waals surface area contributed by atoms with Gasteiger partial charge in [0.15, 0.2) is 0 Å². The highest BCUT2D eigenvalue weighted by Crippen LogP contribution is 2.26. The molecule has 4 aromatic rings. The first-order valence-corrected chi connectivity index (χ1v) is 11.0. The number of piperidine rings is 1. The Bertz CT molecular complexity index is 1190. The molecule has 0 aliphatic carbocycles. The smallest absolute Gasteiger partial charge is 0.142 e. The molecule has 4 heterocycles. The minimum absolute atomic E-state index is 0.123. The van der Waals surface area contributed by atoms with E-state index < -0.39 is 0 Å². The van der Waals surface area contributed by atoms with E-state index in [-0.39, 0.29) is 5.92 Å². The molecule has 1 fully saturated rings. The average molecular weight is 418 g/mol. The van der Waals surface area contributed by atoms with Crippen LogP contribution in [0.3, 0.4) is 0 Å². The maximum atomic E-state index is 12.7. The van der Waals surface area contributed by atoms with Gasteiger partial charge < -0.3 is 9.47 Å². The lowest BCUT2D eigenvalue weighted by Gasteiger charge is -2.32. The van der Waals surface area contributed by atoms with Crippen LogP contribution in [0, 0.1) is 12.8 Å². The molecule has 6 nitrogen and oxygen atoms in total. The van der Waals surface area contributed by atoms with Crippen LogP contribution in [0.4, 0.5) is 5.82 Å². The van der Waals surface area contributed by atoms with Crippen LogP contribution in [0.15, 0.2) is 55.0 Å². The summed E-state index contributed by atoms with van der Waals surface area (Å²) in [6.45, 7) is 3.64. The van der Waals surface area contributed by atoms with Gasteiger partial charge in [0.1, 0.15) is 23.7 Å². The van der Waals surface area contributed by atoms with Gasteiger partial charge in [0.25, 0.3) is 0 Å². The van der Waals surface area contributed by atoms with Gasteiger partial charge in [-0.25, -0.2) is 9.97 Å². The number of benzene rings is 1. The van der Waals surface area contributed by atoms with Crippen molar-refractivity contribution in [1.82, 2.24) is 18.9 Å². The molecule has 3 aromatic heterocycles. The van der Waals surface area contributed by atoms with Crippen molar-refractivity contribution in [3.05, 3.63) is 65.6 Å². The molecule has 1 aliphatic heterocycles. The van der Waals surface area contributed by atoms with Gasteiger partial charge in [0.05, 0.1) is 11.2 Å². The fourth-order valence-electron chi connectivity index (χ4n) is 4.17. The molecule has 0 unspecified atom stereocenters. The molecule has 5 rings (SSSR count). The number of aromatic nitrogens is 4. The zero-order valence-electron chi connectivity index (χ0n) is 16.9. The second-order valence-corrected chi connectivity index (χ2v) is 8.71. The van der Waals surface area contributed by atoms with Crippen LogP contribution in [0.1, 0.15) is 23.4 Å². The Hall–Kier alpha value is -3.06. The van der Waals surface area contributed by atoms with E-state index in [9.17, 15) is 4.79 Å². The van der Waals surface area contributed by atoms with Crippen molar-refractivity contribution in [3.63, 3.8) is 0 Å². The van der Waals surface area contributed by atoms with Crippen LogP contribution in [0.5, 0.6) is 0 Å². The number of rotatable bonds is 5. The maximum absolute atomic E-state index is 12.7. The number of hydrogen-bond acceptors (Lipinski definition) is 6. The number of fused-ring (bicyclic) bond motifs is 1. The first-order chi connectivity index (χ1) is 14.7. The van der Waals surface area contributed by atoms with Gasteiger partial charge >= 0.3 is 0 Å². The molecule has 0 radical (unpaired) electrons. The predicted molar refractivity (Wildman–Crippen MR) is 119 cm³/mol. The quantitative estimate of drug-likeness (QED) is 0.487. The molecule has 1 saturated heterocycles. The first-order valence-electron chi connectivity index (χ1n) is 10.3. The monoisotopic (exact) mass is 417 g/mol. The normalized spacial score (nSPS) is 15.0. The number of carbonyl (C=O) groups is 1. The van der Waals surface area contributed by atoms with E-state index >= 15 is 0 Å². The summed E-state index contributed by atoms with van der Waals surface area (Å²) >= 11 is 1.44. The van der Waals surface area contributed by atoms with Crippen molar-refractivity contribution in [1.29, 1.82) is 0 Å². The summed E-state index contributed by atoms with van der Waals surface area (Å²) in [6.07, 6.45) is 5.91. The molecule has 0 amide bonds. The van der Waals surface area contributed by atoms with Gasteiger partial charge in [-0.3, -0.25) is 4.79 Å². The van der Waals surface area contributed by atoms with Gasteiger partial charge in [-0.05, 0) is 54.9 Å². The number of aryl methyl sites for hydroxylation is 1. The predicted octanol–water partition coefficient (Wildman–Crippen LogP) is 4.21. The molecule has 0 spiro atoms. The van der Waals surface area contributed by atoms with Gasteiger partial charge in [-0.1, -0.05) is 18.2 Å². The largest absolute Gasteiger partial charge is 0.356 e. The van der Waals surface area contributed by atoms with Crippen molar-refractivity contribution < 1.29 is 4.79 Å². The van der Waals surface area contributed by atoms with Gasteiger partial charge in [0.2, 0.25) is 0 Å². The van der Waals surface area contributed by atoms with Crippen molar-refractivity contribution in [2.75, 3.05) is 18.0 Å². The van der Waals surface area contributed by atoms with E-state index in [0.717, 1.165) is 53.7 Å². The molecular formula is C23H23N5OS. The Kier molecular flexibility index (Phi) is 5.04. The van der Waals surface area contributed by atoms with E-state index in [2.05, 4.69) is 42.0 Å². The lowest BCUT2D eigenvalue weighted by molar-refractivity contribution is -0.122. The molecule has 0 N–H and O–H groups in total. The third-order valence-corrected chi connectivity index (χ3v) is 6.66. The van der Waals surface area contributed by atoms with E-state index in [1.807, 2.05) is 37.4 Å². The summed E-state index contributed by atoms with van der Waals surface area (Å²) in [5.74, 6) is 2.24. The lowest BCUT2D eigenvalue weighted by atomic mass is 9.90. The topological polar surface area (TPSA) is 63.9 Å². The number of carbonyl (C=O) groups excluding carboxylic acids is 1. The minimum atomic E-state index is 0.123. The van der Waals surface area contributed by atoms with E-state index in [0.29, 0.717) is 12.2 Å². The number of ketones is 1. The van der Waals surface area contributed by atoms with Crippen LogP contribution in [0.2, 0.25) is 0 Å². The number of Topliss-reactive ketones (excluding diaryl/α,β-unsaturated/α-hetero) is 1. The van der Waals surface area contributed by atoms with Crippen LogP contribution in [-0.4, -0.2) is 37.8 Å². The summed E-state index contributed by atoms with van der Waals surface area (Å²) < 4.78 is 6.37. The highest BCUT2D eigenvalue weighted by atomic mass is 32.1. The van der Waals surface area contributed by atoms with Crippen molar-refractivity contribution >= 4 is 34.0 Å². The average Bonchev–Trinajstić information content (AvgIpc) is 3.40. The van der Waals surface area contributed by atoms with Crippen molar-refractivity contribution in [2.24, 2.45) is 5.92 Å². The second-order valence-electron chi connectivity index (χ2n) is 7.82. The lowest BCUT2D eigenvalue weighted by Crippen LogP contribution is -2.37. The maximum Gasteiger partial charge on any atom is 0.142 e. The third kappa shape index (κ3) is 3.73. The fraction of sp³-hybridized carbons (Fsp3) is 0.304. The summed E-state index contributed by atoms with van der Waals surface area (Å²) in [5.41, 5.74) is 2.12. The van der Waals surface area contributed by atoms with E-state index in [1.165, 1.54) is 16.9 Å². The number of anilines is 1. The highest BCUT2D eigenvalue weighted by Gasteiger charge is 2.26. The number of para-hydroxylation sites is 1. The Labute approximate surface area is 179 Å². The summed E-state index contributed by atoms with van der Waals surface area (Å²) in [5, 5.41) is 1.19. The molecule has 152 valence electrons. The molecule has 1 aromatic carbocycles. The molecule has 0 saturated carbocycles. The Morgan fingerprint density at radius 3 is 2.70 bits per heavy atom. The Morgan fingerprint density at radius 2 is 1.90 bits per heavy atom. The Balaban J connectivity index is 1.27. The molecule has 1 aliphatic rings. The van der Waals surface area contributed by atoms with Gasteiger partial charge in [0, 0.05) is 42.6 Å². The van der Waals surface area contributed by atoms with E-state index in [1.54, 1.807) is 6.33 Å². The fourth-order valence-corrected chi connectivity index (χ4v) is 4.91. The molecule has 7 heteroatoms. The first kappa shape index (κ1) is 18.9. The second kappa shape index (κ2) is 7.99. The van der Waals surface area contributed by atoms with Crippen LogP contribution >= 0.6 is 11.5 Å². The van der Waals surface area contributed by atoms with Crippen LogP contribution < -0.4 is 4.90 Å². The van der Waals surface area contributed by atoms with Crippen molar-refractivity contribution in [2.45, 2.75) is 26.2 Å². The van der Waals surface area contributed by atoms with Crippen LogP contribution in [-0.2, 0) is 11.2 Å². The minimum Gasteiger partial charge on any atom is -0.356 e. The van der Waals surface area contributed by atoms with Gasteiger partial charge in [-0.15, -0.1) is 0 Å². The van der Waals surface area contributed by atoms with Gasteiger partial charge in [-0.2, -0.15) is 4.37 Å². The zero-order chi connectivity index (χ0) is 20.5. The highest BCUT2D eigenvalue weighted by molar-refractivity contribution is 7.05. The third-order valence-electron chi connectivity index (χ3n) is 5.78. The number of hydrogen-bond donors (Lipinski definition) is 0. The zero-order valence-corrected chi connectivity index (χ0v) is 17.7. The molecule has 30 heavy (non-hydrogen) atoms. The van der Waals surface area contributed by atoms with E-state index in [4.69, 9.17) is 0 Å². The standard InChI is InChI=1S/C23H23N5OS/c1-16-12-19(30-26-16)13-21(29)18-6-9-27(10-7-18)22-14-23(25-15-24-22)28-11-8-17-4-2-3-5-20(17)28/h2-5,8,11-12,14-15,18H,6-7,9-10,13H2,1H3. The molecular weight excluding hydrogens is 394 g/mol. The van der Waals surface area contributed by atoms with Crippen molar-refractivity contribution in [3.8, 4) is 5.82 Å². The Morgan fingerprint density at radius 1 is 1.10 bits per heavy atom. The summed E-state index contributed by atoms with van der Waals surface area (Å²) in [4.78, 5) is 25.0. The summed E-state index contributed by atoms with van der Waals surface area (Å²) in [6, 6.07) is 14.4. The number of nitrogens with zero attached hydrogens (tertiary/aromatic N) is 5. The summed E-state index contributed by atoms with van der Waals surface area (Å²) in [7, 11) is 0.